The number of fused-ring (bicyclic) bond motifs is 1. The molecule has 2 aromatic rings. The Kier molecular flexibility index (Phi) is 4.49. The molecular weight excluding hydrogens is 314 g/mol. The molecule has 2 aliphatic rings. The van der Waals surface area contributed by atoms with Gasteiger partial charge in [0.05, 0.1) is 18.3 Å². The van der Waals surface area contributed by atoms with Crippen LogP contribution in [0.15, 0.2) is 41.0 Å². The number of anilines is 1. The Morgan fingerprint density at radius 2 is 2.20 bits per heavy atom. The molecule has 5 heteroatoms. The van der Waals surface area contributed by atoms with Crippen molar-refractivity contribution in [1.29, 1.82) is 0 Å². The second-order valence-corrected chi connectivity index (χ2v) is 7.12. The average Bonchev–Trinajstić information content (AvgIpc) is 3.24. The molecule has 4 rings (SSSR count). The van der Waals surface area contributed by atoms with Crippen LogP contribution in [-0.4, -0.2) is 23.4 Å². The molecule has 0 bridgehead atoms. The van der Waals surface area contributed by atoms with Gasteiger partial charge in [-0.2, -0.15) is 0 Å². The van der Waals surface area contributed by atoms with Gasteiger partial charge in [-0.25, -0.2) is 0 Å². The van der Waals surface area contributed by atoms with Gasteiger partial charge in [-0.05, 0) is 56.0 Å². The summed E-state index contributed by atoms with van der Waals surface area (Å²) in [5.74, 6) is 0.905. The first kappa shape index (κ1) is 16.2. The van der Waals surface area contributed by atoms with Gasteiger partial charge in [0.2, 0.25) is 5.91 Å². The zero-order chi connectivity index (χ0) is 17.2. The van der Waals surface area contributed by atoms with Gasteiger partial charge in [0.15, 0.2) is 0 Å². The van der Waals surface area contributed by atoms with Gasteiger partial charge in [0.25, 0.3) is 0 Å². The summed E-state index contributed by atoms with van der Waals surface area (Å²) in [5, 5.41) is 3.65. The lowest BCUT2D eigenvalue weighted by Crippen LogP contribution is -2.39. The van der Waals surface area contributed by atoms with Gasteiger partial charge < -0.3 is 15.5 Å². The highest BCUT2D eigenvalue weighted by Gasteiger charge is 2.29. The average molecular weight is 339 g/mol. The zero-order valence-corrected chi connectivity index (χ0v) is 14.4. The maximum absolute atomic E-state index is 11.6. The van der Waals surface area contributed by atoms with E-state index in [-0.39, 0.29) is 11.9 Å². The molecule has 0 unspecified atom stereocenters. The summed E-state index contributed by atoms with van der Waals surface area (Å²) < 4.78 is 5.58. The number of nitrogens with zero attached hydrogens (tertiary/aromatic N) is 1. The molecular formula is C20H25N3O2. The van der Waals surface area contributed by atoms with Gasteiger partial charge in [-0.1, -0.05) is 12.1 Å². The van der Waals surface area contributed by atoms with Gasteiger partial charge in [-0.15, -0.1) is 0 Å². The normalized spacial score (nSPS) is 23.4. The predicted molar refractivity (Wildman–Crippen MR) is 97.1 cm³/mol. The first-order valence-electron chi connectivity index (χ1n) is 9.16. The highest BCUT2D eigenvalue weighted by atomic mass is 16.3. The van der Waals surface area contributed by atoms with Gasteiger partial charge in [0, 0.05) is 24.2 Å². The number of hydrogen-bond donors (Lipinski definition) is 2. The van der Waals surface area contributed by atoms with Crippen molar-refractivity contribution in [3.63, 3.8) is 0 Å². The van der Waals surface area contributed by atoms with Crippen LogP contribution in [0.3, 0.4) is 0 Å². The van der Waals surface area contributed by atoms with Crippen LogP contribution >= 0.6 is 0 Å². The van der Waals surface area contributed by atoms with E-state index >= 15 is 0 Å². The minimum atomic E-state index is -0.207. The van der Waals surface area contributed by atoms with E-state index in [1.54, 1.807) is 6.26 Å². The number of aryl methyl sites for hydroxylation is 1. The monoisotopic (exact) mass is 339 g/mol. The fourth-order valence-electron chi connectivity index (χ4n) is 4.17. The zero-order valence-electron chi connectivity index (χ0n) is 14.4. The summed E-state index contributed by atoms with van der Waals surface area (Å²) in [6.07, 6.45) is 7.00. The minimum Gasteiger partial charge on any atom is -0.469 e. The van der Waals surface area contributed by atoms with E-state index in [4.69, 9.17) is 10.2 Å². The summed E-state index contributed by atoms with van der Waals surface area (Å²) in [5.41, 5.74) is 9.14. The number of furan rings is 1. The lowest BCUT2D eigenvalue weighted by Gasteiger charge is -2.25. The van der Waals surface area contributed by atoms with Crippen LogP contribution < -0.4 is 11.1 Å². The molecule has 1 aromatic heterocycles. The first-order valence-corrected chi connectivity index (χ1v) is 9.16. The maximum Gasteiger partial charge on any atom is 0.234 e. The van der Waals surface area contributed by atoms with Crippen molar-refractivity contribution in [2.75, 3.05) is 11.9 Å². The summed E-state index contributed by atoms with van der Waals surface area (Å²) in [6.45, 7) is 1.71. The molecule has 0 saturated carbocycles. The number of hydrogen-bond acceptors (Lipinski definition) is 4. The summed E-state index contributed by atoms with van der Waals surface area (Å²) in [7, 11) is 0. The predicted octanol–water partition coefficient (Wildman–Crippen LogP) is 3.22. The Balaban J connectivity index is 1.46. The molecule has 5 nitrogen and oxygen atoms in total. The third-order valence-corrected chi connectivity index (χ3v) is 5.40. The van der Waals surface area contributed by atoms with Crippen LogP contribution in [0, 0.1) is 0 Å². The van der Waals surface area contributed by atoms with Gasteiger partial charge in [-0.3, -0.25) is 9.69 Å². The number of nitrogens with one attached hydrogen (secondary N) is 1. The minimum absolute atomic E-state index is 0.122. The molecule has 1 aromatic carbocycles. The van der Waals surface area contributed by atoms with Crippen LogP contribution in [0.1, 0.15) is 48.6 Å². The number of rotatable bonds is 5. The number of carbonyl (C=O) groups is 1. The molecule has 3 N–H and O–H groups in total. The molecule has 1 aliphatic carbocycles. The third-order valence-electron chi connectivity index (χ3n) is 5.40. The first-order chi connectivity index (χ1) is 12.2. The van der Waals surface area contributed by atoms with Crippen LogP contribution in [0.5, 0.6) is 0 Å². The fraction of sp³-hybridized carbons (Fsp3) is 0.450. The van der Waals surface area contributed by atoms with Gasteiger partial charge in [0.1, 0.15) is 5.76 Å². The highest BCUT2D eigenvalue weighted by molar-refractivity contribution is 5.80. The van der Waals surface area contributed by atoms with Crippen LogP contribution in [0.25, 0.3) is 0 Å². The van der Waals surface area contributed by atoms with Crippen molar-refractivity contribution in [2.45, 2.75) is 50.7 Å². The topological polar surface area (TPSA) is 71.5 Å². The Hall–Kier alpha value is -2.27. The van der Waals surface area contributed by atoms with Crippen LogP contribution in [-0.2, 0) is 17.8 Å². The second-order valence-electron chi connectivity index (χ2n) is 7.12. The molecule has 2 atom stereocenters. The Morgan fingerprint density at radius 3 is 3.08 bits per heavy atom. The van der Waals surface area contributed by atoms with Crippen molar-refractivity contribution >= 4 is 11.6 Å². The summed E-state index contributed by atoms with van der Waals surface area (Å²) in [6, 6.07) is 10.7. The second kappa shape index (κ2) is 6.92. The quantitative estimate of drug-likeness (QED) is 0.877. The van der Waals surface area contributed by atoms with E-state index in [2.05, 4.69) is 40.5 Å². The third kappa shape index (κ3) is 3.42. The molecule has 132 valence electrons. The smallest absolute Gasteiger partial charge is 0.234 e. The van der Waals surface area contributed by atoms with Crippen LogP contribution in [0.4, 0.5) is 5.69 Å². The number of likely N-dealkylation sites (tertiary alicyclic amines) is 1. The Labute approximate surface area is 148 Å². The maximum atomic E-state index is 11.6. The van der Waals surface area contributed by atoms with Crippen molar-refractivity contribution in [3.8, 4) is 0 Å². The van der Waals surface area contributed by atoms with Gasteiger partial charge >= 0.3 is 0 Å². The molecule has 0 radical (unpaired) electrons. The SMILES string of the molecule is NC(=O)[C@H]1CCCN1Cc1cccc(N[C@@H]2CCCc3occc32)c1. The number of benzene rings is 1. The van der Waals surface area contributed by atoms with E-state index < -0.39 is 0 Å². The largest absolute Gasteiger partial charge is 0.469 e. The molecule has 0 spiro atoms. The van der Waals surface area contributed by atoms with Crippen molar-refractivity contribution < 1.29 is 9.21 Å². The lowest BCUT2D eigenvalue weighted by molar-refractivity contribution is -0.122. The van der Waals surface area contributed by atoms with E-state index in [9.17, 15) is 4.79 Å². The Morgan fingerprint density at radius 1 is 1.28 bits per heavy atom. The molecule has 2 heterocycles. The van der Waals surface area contributed by atoms with E-state index in [0.29, 0.717) is 6.04 Å². The Bertz CT molecular complexity index is 755. The lowest BCUT2D eigenvalue weighted by atomic mass is 9.93. The van der Waals surface area contributed by atoms with Crippen LogP contribution in [0.2, 0.25) is 0 Å². The fourth-order valence-corrected chi connectivity index (χ4v) is 4.17. The van der Waals surface area contributed by atoms with E-state index in [1.807, 2.05) is 0 Å². The number of nitrogens with two attached hydrogens (primary N) is 1. The molecule has 25 heavy (non-hydrogen) atoms. The number of amides is 1. The molecule has 1 fully saturated rings. The van der Waals surface area contributed by atoms with E-state index in [1.165, 1.54) is 11.1 Å². The van der Waals surface area contributed by atoms with Crippen molar-refractivity contribution in [2.24, 2.45) is 5.73 Å². The summed E-state index contributed by atoms with van der Waals surface area (Å²) >= 11 is 0. The summed E-state index contributed by atoms with van der Waals surface area (Å²) in [4.78, 5) is 13.8. The highest BCUT2D eigenvalue weighted by Crippen LogP contribution is 2.33. The van der Waals surface area contributed by atoms with Crippen molar-refractivity contribution in [1.82, 2.24) is 4.90 Å². The number of primary amides is 1. The number of carbonyl (C=O) groups excluding carboxylic acids is 1. The molecule has 1 aliphatic heterocycles. The van der Waals surface area contributed by atoms with Crippen molar-refractivity contribution in [3.05, 3.63) is 53.5 Å². The van der Waals surface area contributed by atoms with E-state index in [0.717, 1.165) is 56.6 Å². The molecule has 1 saturated heterocycles. The standard InChI is InChI=1S/C20H25N3O2/c21-20(24)18-7-3-10-23(18)13-14-4-1-5-15(12-14)22-17-6-2-8-19-16(17)9-11-25-19/h1,4-5,9,11-12,17-18,22H,2-3,6-8,10,13H2,(H2,21,24)/t17-,18-/m1/s1. The molecule has 1 amide bonds.